The molecule has 1 heterocycles. The Kier molecular flexibility index (Phi) is 8.44. The van der Waals surface area contributed by atoms with Crippen molar-refractivity contribution in [2.75, 3.05) is 26.2 Å². The number of hydrogen-bond donors (Lipinski definition) is 1. The first kappa shape index (κ1) is 20.9. The van der Waals surface area contributed by atoms with E-state index in [0.717, 1.165) is 38.3 Å². The van der Waals surface area contributed by atoms with E-state index in [1.165, 1.54) is 5.56 Å². The zero-order valence-electron chi connectivity index (χ0n) is 15.6. The summed E-state index contributed by atoms with van der Waals surface area (Å²) in [4.78, 5) is 24.9. The number of nitriles is 1. The summed E-state index contributed by atoms with van der Waals surface area (Å²) < 4.78 is 0. The van der Waals surface area contributed by atoms with Crippen LogP contribution in [0.5, 0.6) is 0 Å². The largest absolute Gasteiger partial charge is 0.483 e. The number of carboxylic acid groups (broad SMARTS) is 1. The lowest BCUT2D eigenvalue weighted by molar-refractivity contribution is -0.127. The van der Waals surface area contributed by atoms with Crippen LogP contribution in [0.1, 0.15) is 16.7 Å². The molecular formula is C22H23N3O3. The van der Waals surface area contributed by atoms with Crippen molar-refractivity contribution in [2.24, 2.45) is 0 Å². The number of carbonyl (C=O) groups is 2. The quantitative estimate of drug-likeness (QED) is 0.654. The fourth-order valence-corrected chi connectivity index (χ4v) is 2.91. The van der Waals surface area contributed by atoms with Crippen LogP contribution >= 0.6 is 0 Å². The average molecular weight is 377 g/mol. The van der Waals surface area contributed by atoms with Gasteiger partial charge in [-0.15, -0.1) is 0 Å². The van der Waals surface area contributed by atoms with Crippen molar-refractivity contribution in [2.45, 2.75) is 6.54 Å². The summed E-state index contributed by atoms with van der Waals surface area (Å²) in [6.07, 6.45) is 3.52. The minimum atomic E-state index is -0.250. The van der Waals surface area contributed by atoms with Gasteiger partial charge < -0.3 is 10.0 Å². The van der Waals surface area contributed by atoms with Gasteiger partial charge in [0.15, 0.2) is 0 Å². The second-order valence-electron chi connectivity index (χ2n) is 6.26. The van der Waals surface area contributed by atoms with Gasteiger partial charge in [0, 0.05) is 38.8 Å². The van der Waals surface area contributed by atoms with Crippen LogP contribution in [0, 0.1) is 11.3 Å². The summed E-state index contributed by atoms with van der Waals surface area (Å²) in [6.45, 7) is 3.83. The van der Waals surface area contributed by atoms with Crippen LogP contribution in [0.3, 0.4) is 0 Å². The van der Waals surface area contributed by atoms with Gasteiger partial charge in [0.25, 0.3) is 6.47 Å². The highest BCUT2D eigenvalue weighted by atomic mass is 16.3. The molecule has 1 amide bonds. The van der Waals surface area contributed by atoms with E-state index in [1.54, 1.807) is 6.08 Å². The highest BCUT2D eigenvalue weighted by Crippen LogP contribution is 2.11. The van der Waals surface area contributed by atoms with Crippen LogP contribution in [-0.4, -0.2) is 53.5 Å². The Hall–Kier alpha value is -3.43. The molecule has 1 N–H and O–H groups in total. The third-order valence-electron chi connectivity index (χ3n) is 4.39. The first-order valence-corrected chi connectivity index (χ1v) is 8.97. The van der Waals surface area contributed by atoms with E-state index in [0.29, 0.717) is 5.56 Å². The van der Waals surface area contributed by atoms with Gasteiger partial charge in [0.1, 0.15) is 0 Å². The maximum Gasteiger partial charge on any atom is 0.290 e. The number of benzene rings is 2. The highest BCUT2D eigenvalue weighted by molar-refractivity contribution is 5.91. The molecule has 0 aromatic heterocycles. The van der Waals surface area contributed by atoms with Crippen LogP contribution in [0.15, 0.2) is 60.7 Å². The number of rotatable bonds is 4. The summed E-state index contributed by atoms with van der Waals surface area (Å²) in [5.41, 5.74) is 2.92. The van der Waals surface area contributed by atoms with E-state index in [1.807, 2.05) is 65.6 Å². The molecule has 0 radical (unpaired) electrons. The molecular weight excluding hydrogens is 354 g/mol. The first-order chi connectivity index (χ1) is 13.7. The van der Waals surface area contributed by atoms with Gasteiger partial charge in [-0.05, 0) is 29.3 Å². The number of piperazine rings is 1. The van der Waals surface area contributed by atoms with E-state index in [4.69, 9.17) is 15.2 Å². The van der Waals surface area contributed by atoms with Crippen molar-refractivity contribution >= 4 is 18.5 Å². The van der Waals surface area contributed by atoms with Crippen LogP contribution in [0.4, 0.5) is 0 Å². The Morgan fingerprint density at radius 1 is 1.04 bits per heavy atom. The number of carbonyl (C=O) groups excluding carboxylic acids is 1. The molecule has 1 saturated heterocycles. The van der Waals surface area contributed by atoms with Crippen molar-refractivity contribution in [1.82, 2.24) is 9.80 Å². The molecule has 0 aliphatic carbocycles. The molecule has 1 fully saturated rings. The molecule has 28 heavy (non-hydrogen) atoms. The van der Waals surface area contributed by atoms with Crippen molar-refractivity contribution < 1.29 is 14.7 Å². The molecule has 0 spiro atoms. The zero-order chi connectivity index (χ0) is 20.2. The summed E-state index contributed by atoms with van der Waals surface area (Å²) >= 11 is 0. The smallest absolute Gasteiger partial charge is 0.290 e. The lowest BCUT2D eigenvalue weighted by Gasteiger charge is -2.34. The second kappa shape index (κ2) is 11.3. The van der Waals surface area contributed by atoms with E-state index < -0.39 is 0 Å². The fourth-order valence-electron chi connectivity index (χ4n) is 2.91. The Balaban J connectivity index is 0.000000878. The summed E-state index contributed by atoms with van der Waals surface area (Å²) in [5, 5.41) is 15.7. The SMILES string of the molecule is N#Cc1ccc(CN2CCN(C(=O)/C=C/c3ccccc3)CC2)cc1.O=CO. The van der Waals surface area contributed by atoms with Gasteiger partial charge in [-0.2, -0.15) is 5.26 Å². The third-order valence-corrected chi connectivity index (χ3v) is 4.39. The molecule has 2 aromatic carbocycles. The molecule has 0 unspecified atom stereocenters. The van der Waals surface area contributed by atoms with Gasteiger partial charge in [0.05, 0.1) is 11.6 Å². The molecule has 0 saturated carbocycles. The topological polar surface area (TPSA) is 84.6 Å². The van der Waals surface area contributed by atoms with Gasteiger partial charge in [-0.1, -0.05) is 42.5 Å². The summed E-state index contributed by atoms with van der Waals surface area (Å²) in [5.74, 6) is 0.0712. The fraction of sp³-hybridized carbons (Fsp3) is 0.227. The Labute approximate surface area is 164 Å². The predicted octanol–water partition coefficient (Wildman–Crippen LogP) is 2.62. The maximum absolute atomic E-state index is 12.3. The van der Waals surface area contributed by atoms with Crippen LogP contribution in [-0.2, 0) is 16.1 Å². The number of hydrogen-bond acceptors (Lipinski definition) is 4. The average Bonchev–Trinajstić information content (AvgIpc) is 2.74. The molecule has 144 valence electrons. The van der Waals surface area contributed by atoms with Crippen molar-refractivity contribution in [1.29, 1.82) is 5.26 Å². The second-order valence-corrected chi connectivity index (χ2v) is 6.26. The van der Waals surface area contributed by atoms with Crippen LogP contribution in [0.25, 0.3) is 6.08 Å². The monoisotopic (exact) mass is 377 g/mol. The lowest BCUT2D eigenvalue weighted by Crippen LogP contribution is -2.47. The Bertz CT molecular complexity index is 818. The van der Waals surface area contributed by atoms with Gasteiger partial charge in [-0.3, -0.25) is 14.5 Å². The molecule has 1 aliphatic heterocycles. The molecule has 0 atom stereocenters. The minimum absolute atomic E-state index is 0.0712. The van der Waals surface area contributed by atoms with E-state index >= 15 is 0 Å². The lowest BCUT2D eigenvalue weighted by atomic mass is 10.1. The molecule has 6 nitrogen and oxygen atoms in total. The summed E-state index contributed by atoms with van der Waals surface area (Å²) in [6, 6.07) is 19.7. The number of amides is 1. The highest BCUT2D eigenvalue weighted by Gasteiger charge is 2.19. The van der Waals surface area contributed by atoms with E-state index in [-0.39, 0.29) is 12.4 Å². The van der Waals surface area contributed by atoms with Gasteiger partial charge >= 0.3 is 0 Å². The maximum atomic E-state index is 12.3. The van der Waals surface area contributed by atoms with Crippen LogP contribution in [0.2, 0.25) is 0 Å². The van der Waals surface area contributed by atoms with Crippen molar-refractivity contribution in [3.05, 3.63) is 77.4 Å². The molecule has 6 heteroatoms. The van der Waals surface area contributed by atoms with E-state index in [2.05, 4.69) is 11.0 Å². The number of nitrogens with zero attached hydrogens (tertiary/aromatic N) is 3. The van der Waals surface area contributed by atoms with Gasteiger partial charge in [0.2, 0.25) is 5.91 Å². The van der Waals surface area contributed by atoms with Crippen LogP contribution < -0.4 is 0 Å². The molecule has 0 bridgehead atoms. The summed E-state index contributed by atoms with van der Waals surface area (Å²) in [7, 11) is 0. The molecule has 1 aliphatic rings. The van der Waals surface area contributed by atoms with Crippen molar-refractivity contribution in [3.8, 4) is 6.07 Å². The molecule has 2 aromatic rings. The standard InChI is InChI=1S/C21H21N3O.CH2O2/c22-16-19-6-8-20(9-7-19)17-23-12-14-24(15-13-23)21(25)11-10-18-4-2-1-3-5-18;2-1-3/h1-11H,12-15,17H2;1H,(H,2,3)/b11-10+;. The normalized spacial score (nSPS) is 14.0. The zero-order valence-corrected chi connectivity index (χ0v) is 15.6. The first-order valence-electron chi connectivity index (χ1n) is 8.97. The van der Waals surface area contributed by atoms with Gasteiger partial charge in [-0.25, -0.2) is 0 Å². The Morgan fingerprint density at radius 2 is 1.64 bits per heavy atom. The predicted molar refractivity (Wildman–Crippen MR) is 107 cm³/mol. The third kappa shape index (κ3) is 6.71. The van der Waals surface area contributed by atoms with E-state index in [9.17, 15) is 4.79 Å². The molecule has 3 rings (SSSR count). The minimum Gasteiger partial charge on any atom is -0.483 e. The Morgan fingerprint density at radius 3 is 2.21 bits per heavy atom. The van der Waals surface area contributed by atoms with Crippen molar-refractivity contribution in [3.63, 3.8) is 0 Å².